The number of imide groups is 1. The van der Waals surface area contributed by atoms with Crippen molar-refractivity contribution in [2.24, 2.45) is 5.92 Å². The lowest BCUT2D eigenvalue weighted by molar-refractivity contribution is -0.134. The molecule has 3 fully saturated rings. The van der Waals surface area contributed by atoms with Gasteiger partial charge in [-0.1, -0.05) is 20.3 Å². The Labute approximate surface area is 150 Å². The molecular formula is C17H29N3O4S. The van der Waals surface area contributed by atoms with Crippen LogP contribution in [0.25, 0.3) is 0 Å². The van der Waals surface area contributed by atoms with Crippen LogP contribution in [0.5, 0.6) is 0 Å². The fourth-order valence-corrected chi connectivity index (χ4v) is 6.20. The number of nitrogens with zero attached hydrogens (tertiary/aromatic N) is 2. The molecule has 7 nitrogen and oxygen atoms in total. The minimum atomic E-state index is -2.99. The lowest BCUT2D eigenvalue weighted by atomic mass is 9.75. The summed E-state index contributed by atoms with van der Waals surface area (Å²) in [7, 11) is -2.99. The highest BCUT2D eigenvalue weighted by molar-refractivity contribution is 7.91. The quantitative estimate of drug-likeness (QED) is 0.737. The molecule has 1 saturated carbocycles. The van der Waals surface area contributed by atoms with E-state index in [2.05, 4.69) is 12.2 Å². The first-order chi connectivity index (χ1) is 11.8. The third-order valence-electron chi connectivity index (χ3n) is 6.24. The van der Waals surface area contributed by atoms with Gasteiger partial charge in [0.2, 0.25) is 0 Å². The molecule has 8 heteroatoms. The molecule has 3 aliphatic rings. The standard InChI is InChI=1S/C17H29N3O4S/c1-3-13-5-8-17(9-6-13)15(21)20(16(22)18-17)12-19(4-2)14-7-10-25(23,24)11-14/h13-14H,3-12H2,1-2H3,(H,18,22). The number of carbonyl (C=O) groups excluding carboxylic acids is 2. The lowest BCUT2D eigenvalue weighted by Gasteiger charge is -2.35. The van der Waals surface area contributed by atoms with E-state index in [0.29, 0.717) is 31.7 Å². The van der Waals surface area contributed by atoms with Gasteiger partial charge in [-0.15, -0.1) is 0 Å². The van der Waals surface area contributed by atoms with Gasteiger partial charge in [0.05, 0.1) is 18.2 Å². The second-order valence-corrected chi connectivity index (χ2v) is 9.93. The Bertz CT molecular complexity index is 640. The first-order valence-corrected chi connectivity index (χ1v) is 11.2. The molecule has 0 bridgehead atoms. The summed E-state index contributed by atoms with van der Waals surface area (Å²) in [6.07, 6.45) is 5.03. The second kappa shape index (κ2) is 6.87. The Morgan fingerprint density at radius 3 is 2.40 bits per heavy atom. The molecule has 1 N–H and O–H groups in total. The summed E-state index contributed by atoms with van der Waals surface area (Å²) in [5.41, 5.74) is -0.732. The molecule has 142 valence electrons. The second-order valence-electron chi connectivity index (χ2n) is 7.70. The minimum Gasteiger partial charge on any atom is -0.323 e. The van der Waals surface area contributed by atoms with Gasteiger partial charge in [0.1, 0.15) is 5.54 Å². The van der Waals surface area contributed by atoms with E-state index in [4.69, 9.17) is 0 Å². The summed E-state index contributed by atoms with van der Waals surface area (Å²) in [4.78, 5) is 28.7. The summed E-state index contributed by atoms with van der Waals surface area (Å²) in [6, 6.07) is -0.442. The first-order valence-electron chi connectivity index (χ1n) is 9.39. The number of carbonyl (C=O) groups is 2. The van der Waals surface area contributed by atoms with Gasteiger partial charge in [0, 0.05) is 6.04 Å². The number of sulfone groups is 1. The third-order valence-corrected chi connectivity index (χ3v) is 7.99. The first kappa shape index (κ1) is 18.6. The van der Waals surface area contributed by atoms with Crippen molar-refractivity contribution in [3.8, 4) is 0 Å². The maximum absolute atomic E-state index is 13.0. The van der Waals surface area contributed by atoms with Crippen LogP contribution in [0.2, 0.25) is 0 Å². The SMILES string of the molecule is CCC1CCC2(CC1)NC(=O)N(CN(CC)C1CCS(=O)(=O)C1)C2=O. The largest absolute Gasteiger partial charge is 0.326 e. The number of amides is 3. The van der Waals surface area contributed by atoms with Gasteiger partial charge < -0.3 is 5.32 Å². The highest BCUT2D eigenvalue weighted by Gasteiger charge is 2.52. The summed E-state index contributed by atoms with van der Waals surface area (Å²) in [5.74, 6) is 0.816. The highest BCUT2D eigenvalue weighted by Crippen LogP contribution is 2.37. The van der Waals surface area contributed by atoms with Crippen molar-refractivity contribution >= 4 is 21.8 Å². The molecule has 1 atom stereocenters. The predicted molar refractivity (Wildman–Crippen MR) is 94.7 cm³/mol. The van der Waals surface area contributed by atoms with E-state index in [-0.39, 0.29) is 36.2 Å². The van der Waals surface area contributed by atoms with Crippen LogP contribution >= 0.6 is 0 Å². The normalized spacial score (nSPS) is 34.9. The van der Waals surface area contributed by atoms with E-state index in [9.17, 15) is 18.0 Å². The summed E-state index contributed by atoms with van der Waals surface area (Å²) < 4.78 is 23.5. The number of urea groups is 1. The van der Waals surface area contributed by atoms with Crippen LogP contribution in [0.15, 0.2) is 0 Å². The topological polar surface area (TPSA) is 86.8 Å². The molecule has 1 aliphatic carbocycles. The van der Waals surface area contributed by atoms with Crippen LogP contribution < -0.4 is 5.32 Å². The fourth-order valence-electron chi connectivity index (χ4n) is 4.44. The van der Waals surface area contributed by atoms with Crippen LogP contribution in [-0.4, -0.2) is 66.5 Å². The molecule has 0 aromatic carbocycles. The van der Waals surface area contributed by atoms with Crippen LogP contribution in [0.1, 0.15) is 52.4 Å². The molecule has 25 heavy (non-hydrogen) atoms. The maximum atomic E-state index is 13.0. The Balaban J connectivity index is 1.68. The molecule has 1 unspecified atom stereocenters. The monoisotopic (exact) mass is 371 g/mol. The average molecular weight is 372 g/mol. The van der Waals surface area contributed by atoms with Gasteiger partial charge in [0.15, 0.2) is 9.84 Å². The Morgan fingerprint density at radius 1 is 1.20 bits per heavy atom. The zero-order valence-electron chi connectivity index (χ0n) is 15.2. The van der Waals surface area contributed by atoms with Crippen molar-refractivity contribution < 1.29 is 18.0 Å². The number of nitrogens with one attached hydrogen (secondary N) is 1. The smallest absolute Gasteiger partial charge is 0.323 e. The van der Waals surface area contributed by atoms with E-state index in [0.717, 1.165) is 19.3 Å². The zero-order valence-corrected chi connectivity index (χ0v) is 16.0. The summed E-state index contributed by atoms with van der Waals surface area (Å²) in [6.45, 7) is 4.90. The number of hydrogen-bond acceptors (Lipinski definition) is 5. The molecule has 3 amide bonds. The Hall–Kier alpha value is -1.15. The van der Waals surface area contributed by atoms with E-state index in [1.165, 1.54) is 4.90 Å². The van der Waals surface area contributed by atoms with Gasteiger partial charge in [-0.2, -0.15) is 0 Å². The van der Waals surface area contributed by atoms with Gasteiger partial charge in [0.25, 0.3) is 5.91 Å². The third kappa shape index (κ3) is 3.56. The van der Waals surface area contributed by atoms with Crippen molar-refractivity contribution in [3.63, 3.8) is 0 Å². The van der Waals surface area contributed by atoms with E-state index in [1.54, 1.807) is 0 Å². The molecular weight excluding hydrogens is 342 g/mol. The van der Waals surface area contributed by atoms with Crippen molar-refractivity contribution in [1.82, 2.24) is 15.1 Å². The molecule has 2 saturated heterocycles. The summed E-state index contributed by atoms with van der Waals surface area (Å²) in [5, 5.41) is 2.94. The van der Waals surface area contributed by atoms with Gasteiger partial charge >= 0.3 is 6.03 Å². The molecule has 0 radical (unpaired) electrons. The van der Waals surface area contributed by atoms with Crippen LogP contribution in [0, 0.1) is 5.92 Å². The molecule has 0 aromatic heterocycles. The molecule has 1 spiro atoms. The molecule has 3 rings (SSSR count). The molecule has 2 heterocycles. The van der Waals surface area contributed by atoms with Crippen LogP contribution in [0.4, 0.5) is 4.79 Å². The predicted octanol–water partition coefficient (Wildman–Crippen LogP) is 1.34. The van der Waals surface area contributed by atoms with Gasteiger partial charge in [-0.05, 0) is 44.6 Å². The Morgan fingerprint density at radius 2 is 1.88 bits per heavy atom. The minimum absolute atomic E-state index is 0.108. The highest BCUT2D eigenvalue weighted by atomic mass is 32.2. The number of hydrogen-bond donors (Lipinski definition) is 1. The molecule has 0 aromatic rings. The van der Waals surface area contributed by atoms with Crippen molar-refractivity contribution in [2.75, 3.05) is 24.7 Å². The van der Waals surface area contributed by atoms with E-state index >= 15 is 0 Å². The molecule has 2 aliphatic heterocycles. The maximum Gasteiger partial charge on any atom is 0.326 e. The average Bonchev–Trinajstić information content (AvgIpc) is 3.05. The van der Waals surface area contributed by atoms with Crippen molar-refractivity contribution in [3.05, 3.63) is 0 Å². The van der Waals surface area contributed by atoms with E-state index < -0.39 is 15.4 Å². The van der Waals surface area contributed by atoms with E-state index in [1.807, 2.05) is 11.8 Å². The Kier molecular flexibility index (Phi) is 5.12. The fraction of sp³-hybridized carbons (Fsp3) is 0.882. The van der Waals surface area contributed by atoms with Crippen molar-refractivity contribution in [2.45, 2.75) is 64.0 Å². The van der Waals surface area contributed by atoms with Crippen LogP contribution in [0.3, 0.4) is 0 Å². The lowest BCUT2D eigenvalue weighted by Crippen LogP contribution is -2.51. The van der Waals surface area contributed by atoms with Crippen LogP contribution in [-0.2, 0) is 14.6 Å². The van der Waals surface area contributed by atoms with Gasteiger partial charge in [-0.3, -0.25) is 9.69 Å². The van der Waals surface area contributed by atoms with Gasteiger partial charge in [-0.25, -0.2) is 18.1 Å². The number of rotatable bonds is 5. The van der Waals surface area contributed by atoms with Crippen molar-refractivity contribution in [1.29, 1.82) is 0 Å². The summed E-state index contributed by atoms with van der Waals surface area (Å²) >= 11 is 0. The zero-order chi connectivity index (χ0) is 18.2.